The Bertz CT molecular complexity index is 1500. The van der Waals surface area contributed by atoms with Gasteiger partial charge in [-0.2, -0.15) is 17.5 Å². The number of furan rings is 1. The van der Waals surface area contributed by atoms with Gasteiger partial charge in [0.05, 0.1) is 17.9 Å². The van der Waals surface area contributed by atoms with Gasteiger partial charge in [-0.15, -0.1) is 0 Å². The van der Waals surface area contributed by atoms with Crippen molar-refractivity contribution in [1.29, 1.82) is 0 Å². The van der Waals surface area contributed by atoms with Crippen molar-refractivity contribution in [2.45, 2.75) is 30.3 Å². The standard InChI is InChI=1S/C23H18F3N5O4S/c24-23(25,26)20-6-5-15(11-27-20)17-10-16(29-13-30-17)12-28-22(32)18-7-8-31(18)36(33,34)21-9-14-3-1-2-4-19(14)35-21/h1-6,9-11,13,18H,7-8,12H2,(H,28,32)/t18-/m0/s1. The number of nitrogens with one attached hydrogen (secondary N) is 1. The van der Waals surface area contributed by atoms with Gasteiger partial charge in [-0.3, -0.25) is 9.78 Å². The molecule has 1 aliphatic heterocycles. The highest BCUT2D eigenvalue weighted by Crippen LogP contribution is 2.31. The van der Waals surface area contributed by atoms with E-state index < -0.39 is 33.8 Å². The maximum Gasteiger partial charge on any atom is 0.433 e. The quantitative estimate of drug-likeness (QED) is 0.417. The molecule has 0 bridgehead atoms. The Balaban J connectivity index is 1.25. The summed E-state index contributed by atoms with van der Waals surface area (Å²) in [5.74, 6) is -0.503. The second-order valence-electron chi connectivity index (χ2n) is 8.07. The molecule has 0 radical (unpaired) electrons. The van der Waals surface area contributed by atoms with Gasteiger partial charge in [0, 0.05) is 29.8 Å². The van der Waals surface area contributed by atoms with E-state index in [9.17, 15) is 26.4 Å². The van der Waals surface area contributed by atoms with Crippen LogP contribution in [0.4, 0.5) is 13.2 Å². The third-order valence-electron chi connectivity index (χ3n) is 5.76. The lowest BCUT2D eigenvalue weighted by atomic mass is 10.1. The van der Waals surface area contributed by atoms with Crippen LogP contribution in [0.5, 0.6) is 0 Å². The molecule has 9 nitrogen and oxygen atoms in total. The van der Waals surface area contributed by atoms with E-state index in [0.717, 1.165) is 16.6 Å². The summed E-state index contributed by atoms with van der Waals surface area (Å²) in [5.41, 5.74) is 0.475. The smallest absolute Gasteiger partial charge is 0.433 e. The van der Waals surface area contributed by atoms with Crippen molar-refractivity contribution < 1.29 is 30.8 Å². The van der Waals surface area contributed by atoms with Crippen LogP contribution >= 0.6 is 0 Å². The number of hydrogen-bond acceptors (Lipinski definition) is 7. The molecule has 4 heterocycles. The molecule has 1 fully saturated rings. The van der Waals surface area contributed by atoms with Crippen molar-refractivity contribution in [3.63, 3.8) is 0 Å². The highest BCUT2D eigenvalue weighted by atomic mass is 32.2. The number of sulfonamides is 1. The van der Waals surface area contributed by atoms with Gasteiger partial charge < -0.3 is 9.73 Å². The summed E-state index contributed by atoms with van der Waals surface area (Å²) in [4.78, 5) is 24.3. The number of carbonyl (C=O) groups excluding carboxylic acids is 1. The van der Waals surface area contributed by atoms with Gasteiger partial charge in [0.1, 0.15) is 23.6 Å². The minimum absolute atomic E-state index is 0.0303. The Hall–Kier alpha value is -3.84. The average molecular weight is 517 g/mol. The Kier molecular flexibility index (Phi) is 5.96. The van der Waals surface area contributed by atoms with Gasteiger partial charge >= 0.3 is 6.18 Å². The highest BCUT2D eigenvalue weighted by molar-refractivity contribution is 7.89. The summed E-state index contributed by atoms with van der Waals surface area (Å²) in [6.45, 7) is 0.146. The second-order valence-corrected chi connectivity index (χ2v) is 9.89. The molecule has 186 valence electrons. The summed E-state index contributed by atoms with van der Waals surface area (Å²) in [7, 11) is -4.00. The van der Waals surface area contributed by atoms with E-state index in [1.165, 1.54) is 24.5 Å². The Morgan fingerprint density at radius 3 is 2.58 bits per heavy atom. The third-order valence-corrected chi connectivity index (χ3v) is 7.52. The van der Waals surface area contributed by atoms with Crippen molar-refractivity contribution in [1.82, 2.24) is 24.6 Å². The van der Waals surface area contributed by atoms with Crippen LogP contribution in [0.3, 0.4) is 0 Å². The molecule has 1 amide bonds. The van der Waals surface area contributed by atoms with Crippen molar-refractivity contribution in [2.24, 2.45) is 0 Å². The van der Waals surface area contributed by atoms with Gasteiger partial charge in [0.15, 0.2) is 0 Å². The molecule has 36 heavy (non-hydrogen) atoms. The first-order valence-corrected chi connectivity index (χ1v) is 12.2. The number of hydrogen-bond donors (Lipinski definition) is 1. The van der Waals surface area contributed by atoms with Gasteiger partial charge in [-0.25, -0.2) is 18.4 Å². The summed E-state index contributed by atoms with van der Waals surface area (Å²) < 4.78 is 70.8. The number of pyridine rings is 1. The number of alkyl halides is 3. The fourth-order valence-corrected chi connectivity index (χ4v) is 5.36. The molecule has 1 atom stereocenters. The maximum atomic E-state index is 13.0. The van der Waals surface area contributed by atoms with Gasteiger partial charge in [-0.05, 0) is 30.7 Å². The molecule has 0 spiro atoms. The zero-order chi connectivity index (χ0) is 25.5. The van der Waals surface area contributed by atoms with E-state index in [1.54, 1.807) is 24.3 Å². The zero-order valence-corrected chi connectivity index (χ0v) is 19.3. The number of nitrogens with zero attached hydrogens (tertiary/aromatic N) is 4. The lowest BCUT2D eigenvalue weighted by Gasteiger charge is -2.37. The predicted molar refractivity (Wildman–Crippen MR) is 121 cm³/mol. The van der Waals surface area contributed by atoms with Crippen LogP contribution in [0.1, 0.15) is 17.8 Å². The molecule has 13 heteroatoms. The summed E-state index contributed by atoms with van der Waals surface area (Å²) in [6.07, 6.45) is -1.93. The monoisotopic (exact) mass is 517 g/mol. The number of halogens is 3. The van der Waals surface area contributed by atoms with Crippen molar-refractivity contribution in [2.75, 3.05) is 6.54 Å². The second kappa shape index (κ2) is 8.99. The lowest BCUT2D eigenvalue weighted by molar-refractivity contribution is -0.141. The van der Waals surface area contributed by atoms with E-state index in [4.69, 9.17) is 4.42 Å². The molecule has 1 N–H and O–H groups in total. The number of benzene rings is 1. The number of amides is 1. The molecule has 1 saturated heterocycles. The normalized spacial score (nSPS) is 16.6. The molecule has 0 aliphatic carbocycles. The number of aromatic nitrogens is 3. The minimum atomic E-state index is -4.55. The van der Waals surface area contributed by atoms with E-state index in [-0.39, 0.29) is 18.2 Å². The van der Waals surface area contributed by atoms with E-state index in [0.29, 0.717) is 34.3 Å². The number of carbonyl (C=O) groups is 1. The van der Waals surface area contributed by atoms with Crippen LogP contribution in [-0.2, 0) is 27.5 Å². The molecule has 3 aromatic heterocycles. The summed E-state index contributed by atoms with van der Waals surface area (Å²) in [5, 5.41) is 3.07. The van der Waals surface area contributed by atoms with Gasteiger partial charge in [0.2, 0.25) is 11.0 Å². The van der Waals surface area contributed by atoms with Crippen LogP contribution in [0.15, 0.2) is 70.6 Å². The average Bonchev–Trinajstić information content (AvgIpc) is 3.27. The van der Waals surface area contributed by atoms with E-state index in [2.05, 4.69) is 20.3 Å². The fraction of sp³-hybridized carbons (Fsp3) is 0.217. The molecule has 0 saturated carbocycles. The summed E-state index contributed by atoms with van der Waals surface area (Å²) >= 11 is 0. The molecular formula is C23H18F3N5O4S. The predicted octanol–water partition coefficient (Wildman–Crippen LogP) is 3.38. The number of para-hydroxylation sites is 1. The first-order chi connectivity index (χ1) is 17.1. The van der Waals surface area contributed by atoms with Gasteiger partial charge in [0.25, 0.3) is 10.0 Å². The van der Waals surface area contributed by atoms with Crippen molar-refractivity contribution in [3.05, 3.63) is 72.4 Å². The highest BCUT2D eigenvalue weighted by Gasteiger charge is 2.44. The topological polar surface area (TPSA) is 118 Å². The van der Waals surface area contributed by atoms with Crippen molar-refractivity contribution in [3.8, 4) is 11.3 Å². The van der Waals surface area contributed by atoms with Crippen LogP contribution in [0.2, 0.25) is 0 Å². The third kappa shape index (κ3) is 4.54. The fourth-order valence-electron chi connectivity index (χ4n) is 3.77. The first kappa shape index (κ1) is 23.9. The molecule has 5 rings (SSSR count). The largest absolute Gasteiger partial charge is 0.443 e. The van der Waals surface area contributed by atoms with Crippen molar-refractivity contribution >= 4 is 26.9 Å². The maximum absolute atomic E-state index is 13.0. The number of rotatable bonds is 6. The molecular weight excluding hydrogens is 499 g/mol. The lowest BCUT2D eigenvalue weighted by Crippen LogP contribution is -2.57. The molecule has 1 aliphatic rings. The minimum Gasteiger partial charge on any atom is -0.443 e. The zero-order valence-electron chi connectivity index (χ0n) is 18.4. The Morgan fingerprint density at radius 2 is 1.92 bits per heavy atom. The molecule has 1 aromatic carbocycles. The van der Waals surface area contributed by atoms with Gasteiger partial charge in [-0.1, -0.05) is 18.2 Å². The van der Waals surface area contributed by atoms with E-state index >= 15 is 0 Å². The Morgan fingerprint density at radius 1 is 1.11 bits per heavy atom. The SMILES string of the molecule is O=C(NCc1cc(-c2ccc(C(F)(F)F)nc2)ncn1)[C@@H]1CCN1S(=O)(=O)c1cc2ccccc2o1. The Labute approximate surface area is 203 Å². The van der Waals surface area contributed by atoms with Crippen LogP contribution in [-0.4, -0.2) is 46.2 Å². The summed E-state index contributed by atoms with van der Waals surface area (Å²) in [6, 6.07) is 11.0. The van der Waals surface area contributed by atoms with Crippen LogP contribution < -0.4 is 5.32 Å². The first-order valence-electron chi connectivity index (χ1n) is 10.8. The van der Waals surface area contributed by atoms with Crippen LogP contribution in [0.25, 0.3) is 22.2 Å². The van der Waals surface area contributed by atoms with Crippen LogP contribution in [0, 0.1) is 0 Å². The number of fused-ring (bicyclic) bond motifs is 1. The molecule has 0 unspecified atom stereocenters. The van der Waals surface area contributed by atoms with E-state index in [1.807, 2.05) is 0 Å². The molecule has 4 aromatic rings.